The van der Waals surface area contributed by atoms with E-state index < -0.39 is 11.5 Å². The molecule has 0 radical (unpaired) electrons. The van der Waals surface area contributed by atoms with Crippen LogP contribution in [0.4, 0.5) is 0 Å². The molecule has 1 N–H and O–H groups in total. The van der Waals surface area contributed by atoms with Gasteiger partial charge in [0.1, 0.15) is 23.9 Å². The van der Waals surface area contributed by atoms with E-state index in [0.29, 0.717) is 27.0 Å². The molecule has 1 amide bonds. The number of hydrazone groups is 1. The molecule has 8 nitrogen and oxygen atoms in total. The highest BCUT2D eigenvalue weighted by Crippen LogP contribution is 2.23. The van der Waals surface area contributed by atoms with Gasteiger partial charge in [0, 0.05) is 28.4 Å². The standard InChI is InChI=1S/C21H23BrN4O4/c1-13(2)30-18-8-6-5-7-15(18)10-24-25-19(27)11-26-14(3)20(22)17(12-29-4)16(9-23)21(26)28/h5-8,10,13H,11-12H2,1-4H3,(H,25,27)/b24-10+. The molecule has 2 rings (SSSR count). The lowest BCUT2D eigenvalue weighted by Gasteiger charge is -2.15. The lowest BCUT2D eigenvalue weighted by Crippen LogP contribution is -2.33. The summed E-state index contributed by atoms with van der Waals surface area (Å²) in [4.78, 5) is 25.0. The quantitative estimate of drug-likeness (QED) is 0.467. The summed E-state index contributed by atoms with van der Waals surface area (Å²) in [6, 6.07) is 9.21. The Hall–Kier alpha value is -2.96. The number of nitrogens with one attached hydrogen (secondary N) is 1. The number of rotatable bonds is 8. The fraction of sp³-hybridized carbons (Fsp3) is 0.333. The van der Waals surface area contributed by atoms with Crippen LogP contribution in [0, 0.1) is 18.3 Å². The van der Waals surface area contributed by atoms with E-state index in [4.69, 9.17) is 9.47 Å². The van der Waals surface area contributed by atoms with Gasteiger partial charge in [-0.05, 0) is 48.8 Å². The van der Waals surface area contributed by atoms with Gasteiger partial charge in [0.15, 0.2) is 0 Å². The summed E-state index contributed by atoms with van der Waals surface area (Å²) in [5.41, 5.74) is 3.46. The molecule has 9 heteroatoms. The number of ether oxygens (including phenoxy) is 2. The van der Waals surface area contributed by atoms with Gasteiger partial charge in [0.05, 0.1) is 18.9 Å². The van der Waals surface area contributed by atoms with Gasteiger partial charge in [0.25, 0.3) is 11.5 Å². The molecular weight excluding hydrogens is 452 g/mol. The number of benzene rings is 1. The average Bonchev–Trinajstić information content (AvgIpc) is 2.70. The van der Waals surface area contributed by atoms with Crippen LogP contribution in [0.5, 0.6) is 5.75 Å². The minimum atomic E-state index is -0.556. The van der Waals surface area contributed by atoms with Crippen LogP contribution in [-0.4, -0.2) is 29.9 Å². The Labute approximate surface area is 183 Å². The zero-order valence-electron chi connectivity index (χ0n) is 17.2. The van der Waals surface area contributed by atoms with Crippen LogP contribution in [0.3, 0.4) is 0 Å². The molecule has 0 bridgehead atoms. The molecule has 1 aromatic carbocycles. The number of hydrogen-bond donors (Lipinski definition) is 1. The van der Waals surface area contributed by atoms with Crippen molar-refractivity contribution in [3.63, 3.8) is 0 Å². The van der Waals surface area contributed by atoms with Crippen LogP contribution in [0.15, 0.2) is 38.6 Å². The van der Waals surface area contributed by atoms with Crippen molar-refractivity contribution < 1.29 is 14.3 Å². The SMILES string of the molecule is COCc1c(Br)c(C)n(CC(=O)N/N=C/c2ccccc2OC(C)C)c(=O)c1C#N. The van der Waals surface area contributed by atoms with Gasteiger partial charge < -0.3 is 14.0 Å². The van der Waals surface area contributed by atoms with Gasteiger partial charge >= 0.3 is 0 Å². The number of carbonyl (C=O) groups excluding carboxylic acids is 1. The topological polar surface area (TPSA) is 106 Å². The van der Waals surface area contributed by atoms with E-state index in [2.05, 4.69) is 26.5 Å². The third kappa shape index (κ3) is 5.55. The lowest BCUT2D eigenvalue weighted by molar-refractivity contribution is -0.121. The van der Waals surface area contributed by atoms with Crippen molar-refractivity contribution in [2.24, 2.45) is 5.10 Å². The van der Waals surface area contributed by atoms with Crippen LogP contribution >= 0.6 is 15.9 Å². The van der Waals surface area contributed by atoms with E-state index in [9.17, 15) is 14.9 Å². The number of carbonyl (C=O) groups is 1. The molecule has 1 aromatic heterocycles. The number of nitrogens with zero attached hydrogens (tertiary/aromatic N) is 3. The van der Waals surface area contributed by atoms with Gasteiger partial charge in [-0.15, -0.1) is 0 Å². The number of halogens is 1. The van der Waals surface area contributed by atoms with E-state index >= 15 is 0 Å². The van der Waals surface area contributed by atoms with E-state index in [-0.39, 0.29) is 24.8 Å². The maximum absolute atomic E-state index is 12.7. The molecule has 0 unspecified atom stereocenters. The third-order valence-electron chi connectivity index (χ3n) is 4.13. The van der Waals surface area contributed by atoms with Crippen molar-refractivity contribution >= 4 is 28.1 Å². The molecule has 0 aliphatic rings. The van der Waals surface area contributed by atoms with Crippen molar-refractivity contribution in [1.29, 1.82) is 5.26 Å². The van der Waals surface area contributed by atoms with Crippen LogP contribution in [-0.2, 0) is 22.7 Å². The van der Waals surface area contributed by atoms with Crippen molar-refractivity contribution in [2.75, 3.05) is 7.11 Å². The summed E-state index contributed by atoms with van der Waals surface area (Å²) in [7, 11) is 1.48. The first kappa shape index (κ1) is 23.3. The van der Waals surface area contributed by atoms with E-state index in [1.54, 1.807) is 6.92 Å². The molecule has 0 saturated heterocycles. The van der Waals surface area contributed by atoms with E-state index in [1.807, 2.05) is 44.2 Å². The number of aromatic nitrogens is 1. The fourth-order valence-electron chi connectivity index (χ4n) is 2.75. The Balaban J connectivity index is 2.20. The Morgan fingerprint density at radius 3 is 2.73 bits per heavy atom. The largest absolute Gasteiger partial charge is 0.490 e. The summed E-state index contributed by atoms with van der Waals surface area (Å²) >= 11 is 3.39. The summed E-state index contributed by atoms with van der Waals surface area (Å²) in [6.45, 7) is 5.34. The molecule has 1 heterocycles. The Bertz CT molecular complexity index is 1050. The zero-order chi connectivity index (χ0) is 22.3. The second-order valence-electron chi connectivity index (χ2n) is 6.69. The predicted molar refractivity (Wildman–Crippen MR) is 117 cm³/mol. The first-order valence-electron chi connectivity index (χ1n) is 9.18. The molecule has 30 heavy (non-hydrogen) atoms. The highest BCUT2D eigenvalue weighted by Gasteiger charge is 2.19. The highest BCUT2D eigenvalue weighted by molar-refractivity contribution is 9.10. The maximum atomic E-state index is 12.7. The minimum Gasteiger partial charge on any atom is -0.490 e. The van der Waals surface area contributed by atoms with Gasteiger partial charge in [-0.2, -0.15) is 10.4 Å². The highest BCUT2D eigenvalue weighted by atomic mass is 79.9. The second kappa shape index (κ2) is 10.7. The molecule has 2 aromatic rings. The van der Waals surface area contributed by atoms with E-state index in [0.717, 1.165) is 0 Å². The maximum Gasteiger partial charge on any atom is 0.269 e. The summed E-state index contributed by atoms with van der Waals surface area (Å²) in [6.07, 6.45) is 1.47. The number of pyridine rings is 1. The zero-order valence-corrected chi connectivity index (χ0v) is 18.8. The van der Waals surface area contributed by atoms with Crippen molar-refractivity contribution in [3.8, 4) is 11.8 Å². The first-order chi connectivity index (χ1) is 14.3. The predicted octanol–water partition coefficient (Wildman–Crippen LogP) is 2.87. The minimum absolute atomic E-state index is 0.00199. The second-order valence-corrected chi connectivity index (χ2v) is 7.48. The molecule has 0 spiro atoms. The Morgan fingerprint density at radius 2 is 2.10 bits per heavy atom. The number of amides is 1. The molecule has 0 aliphatic carbocycles. The third-order valence-corrected chi connectivity index (χ3v) is 5.18. The summed E-state index contributed by atoms with van der Waals surface area (Å²) in [5, 5.41) is 13.3. The molecule has 0 atom stereocenters. The normalized spacial score (nSPS) is 11.0. The van der Waals surface area contributed by atoms with Crippen molar-refractivity contribution in [2.45, 2.75) is 40.0 Å². The molecule has 158 valence electrons. The number of methoxy groups -OCH3 is 1. The van der Waals surface area contributed by atoms with Gasteiger partial charge in [-0.25, -0.2) is 5.43 Å². The molecule has 0 aliphatic heterocycles. The molecular formula is C21H23BrN4O4. The van der Waals surface area contributed by atoms with Crippen molar-refractivity contribution in [3.05, 3.63) is 61.5 Å². The van der Waals surface area contributed by atoms with Gasteiger partial charge in [-0.1, -0.05) is 12.1 Å². The molecule has 0 saturated carbocycles. The van der Waals surface area contributed by atoms with Crippen LogP contribution in [0.25, 0.3) is 0 Å². The van der Waals surface area contributed by atoms with Crippen molar-refractivity contribution in [1.82, 2.24) is 9.99 Å². The first-order valence-corrected chi connectivity index (χ1v) is 9.97. The number of hydrogen-bond acceptors (Lipinski definition) is 6. The Morgan fingerprint density at radius 1 is 1.40 bits per heavy atom. The average molecular weight is 475 g/mol. The summed E-state index contributed by atoms with van der Waals surface area (Å²) < 4.78 is 12.6. The Kier molecular flexibility index (Phi) is 8.33. The van der Waals surface area contributed by atoms with Crippen LogP contribution in [0.1, 0.15) is 36.2 Å². The van der Waals surface area contributed by atoms with Crippen LogP contribution in [0.2, 0.25) is 0 Å². The summed E-state index contributed by atoms with van der Waals surface area (Å²) in [5.74, 6) is 0.142. The van der Waals surface area contributed by atoms with Crippen LogP contribution < -0.4 is 15.7 Å². The fourth-order valence-corrected chi connectivity index (χ4v) is 3.28. The lowest BCUT2D eigenvalue weighted by atomic mass is 10.1. The smallest absolute Gasteiger partial charge is 0.269 e. The number of para-hydroxylation sites is 1. The molecule has 0 fully saturated rings. The van der Waals surface area contributed by atoms with Gasteiger partial charge in [0.2, 0.25) is 0 Å². The number of nitriles is 1. The van der Waals surface area contributed by atoms with Gasteiger partial charge in [-0.3, -0.25) is 9.59 Å². The van der Waals surface area contributed by atoms with E-state index in [1.165, 1.54) is 17.9 Å². The monoisotopic (exact) mass is 474 g/mol.